The first-order chi connectivity index (χ1) is 9.26. The third-order valence-corrected chi connectivity index (χ3v) is 3.82. The van der Waals surface area contributed by atoms with Gasteiger partial charge < -0.3 is 15.1 Å². The maximum Gasteiger partial charge on any atom is 0.289 e. The van der Waals surface area contributed by atoms with Gasteiger partial charge in [-0.25, -0.2) is 0 Å². The van der Waals surface area contributed by atoms with Crippen LogP contribution in [-0.2, 0) is 0 Å². The second-order valence-electron chi connectivity index (χ2n) is 4.94. The fourth-order valence-electron chi connectivity index (χ4n) is 2.68. The summed E-state index contributed by atoms with van der Waals surface area (Å²) in [5.74, 6) is 0.430. The molecule has 0 spiro atoms. The summed E-state index contributed by atoms with van der Waals surface area (Å²) < 4.78 is 5.16. The number of rotatable bonds is 5. The van der Waals surface area contributed by atoms with E-state index in [4.69, 9.17) is 10.2 Å². The molecule has 2 N–H and O–H groups in total. The number of piperazine rings is 1. The minimum Gasteiger partial charge on any atom is -0.459 e. The van der Waals surface area contributed by atoms with Crippen molar-refractivity contribution in [2.45, 2.75) is 25.8 Å². The molecule has 0 bridgehead atoms. The number of hydrogen-bond donors (Lipinski definition) is 1. The van der Waals surface area contributed by atoms with E-state index in [1.807, 2.05) is 4.90 Å². The zero-order valence-electron chi connectivity index (χ0n) is 11.5. The number of nitrogens with two attached hydrogens (primary N) is 1. The van der Waals surface area contributed by atoms with Crippen molar-refractivity contribution >= 4 is 5.91 Å². The van der Waals surface area contributed by atoms with E-state index in [9.17, 15) is 4.79 Å². The summed E-state index contributed by atoms with van der Waals surface area (Å²) in [6.45, 7) is 6.29. The molecule has 1 aromatic heterocycles. The summed E-state index contributed by atoms with van der Waals surface area (Å²) in [7, 11) is 0. The molecule has 1 aromatic rings. The normalized spacial score (nSPS) is 18.5. The largest absolute Gasteiger partial charge is 0.459 e. The van der Waals surface area contributed by atoms with Gasteiger partial charge in [-0.2, -0.15) is 0 Å². The minimum atomic E-state index is -0.00322. The van der Waals surface area contributed by atoms with Crippen LogP contribution < -0.4 is 5.73 Å². The van der Waals surface area contributed by atoms with Crippen LogP contribution in [0.15, 0.2) is 22.8 Å². The molecule has 0 radical (unpaired) electrons. The Hall–Kier alpha value is -1.33. The molecule has 1 aliphatic rings. The van der Waals surface area contributed by atoms with Crippen molar-refractivity contribution in [1.29, 1.82) is 0 Å². The molecule has 0 saturated carbocycles. The lowest BCUT2D eigenvalue weighted by molar-refractivity contribution is 0.0529. The Morgan fingerprint density at radius 2 is 2.16 bits per heavy atom. The summed E-state index contributed by atoms with van der Waals surface area (Å²) in [4.78, 5) is 16.4. The van der Waals surface area contributed by atoms with Gasteiger partial charge in [0, 0.05) is 32.2 Å². The first-order valence-electron chi connectivity index (χ1n) is 7.03. The maximum absolute atomic E-state index is 12.1. The van der Waals surface area contributed by atoms with E-state index in [0.29, 0.717) is 11.8 Å². The fraction of sp³-hybridized carbons (Fsp3) is 0.643. The van der Waals surface area contributed by atoms with Gasteiger partial charge in [0.25, 0.3) is 5.91 Å². The monoisotopic (exact) mass is 265 g/mol. The van der Waals surface area contributed by atoms with E-state index in [1.54, 1.807) is 12.1 Å². The van der Waals surface area contributed by atoms with Crippen LogP contribution in [0.2, 0.25) is 0 Å². The molecule has 5 heteroatoms. The van der Waals surface area contributed by atoms with Crippen LogP contribution >= 0.6 is 0 Å². The molecule has 1 amide bonds. The molecule has 0 aliphatic carbocycles. The lowest BCUT2D eigenvalue weighted by Gasteiger charge is -2.38. The topological polar surface area (TPSA) is 62.7 Å². The Bertz CT molecular complexity index is 383. The first kappa shape index (κ1) is 14.1. The fourth-order valence-corrected chi connectivity index (χ4v) is 2.68. The Balaban J connectivity index is 1.87. The summed E-state index contributed by atoms with van der Waals surface area (Å²) in [6, 6.07) is 4.02. The maximum atomic E-state index is 12.1. The van der Waals surface area contributed by atoms with Gasteiger partial charge >= 0.3 is 0 Å². The van der Waals surface area contributed by atoms with Gasteiger partial charge in [0.1, 0.15) is 0 Å². The van der Waals surface area contributed by atoms with E-state index >= 15 is 0 Å². The molecule has 19 heavy (non-hydrogen) atoms. The third kappa shape index (κ3) is 3.36. The van der Waals surface area contributed by atoms with Gasteiger partial charge in [0.05, 0.1) is 6.26 Å². The highest BCUT2D eigenvalue weighted by Gasteiger charge is 2.26. The Labute approximate surface area is 114 Å². The zero-order valence-corrected chi connectivity index (χ0v) is 11.5. The van der Waals surface area contributed by atoms with E-state index in [1.165, 1.54) is 6.26 Å². The van der Waals surface area contributed by atoms with Gasteiger partial charge in [0.15, 0.2) is 5.76 Å². The van der Waals surface area contributed by atoms with Gasteiger partial charge in [0.2, 0.25) is 0 Å². The number of amides is 1. The molecule has 1 fully saturated rings. The third-order valence-electron chi connectivity index (χ3n) is 3.82. The highest BCUT2D eigenvalue weighted by molar-refractivity contribution is 5.91. The smallest absolute Gasteiger partial charge is 0.289 e. The lowest BCUT2D eigenvalue weighted by Crippen LogP contribution is -2.52. The number of carbonyl (C=O) groups excluding carboxylic acids is 1. The second kappa shape index (κ2) is 6.73. The molecule has 5 nitrogen and oxygen atoms in total. The summed E-state index contributed by atoms with van der Waals surface area (Å²) >= 11 is 0. The van der Waals surface area contributed by atoms with Crippen LogP contribution in [-0.4, -0.2) is 54.5 Å². The summed E-state index contributed by atoms with van der Waals surface area (Å²) in [6.07, 6.45) is 3.68. The van der Waals surface area contributed by atoms with Crippen LogP contribution in [0.4, 0.5) is 0 Å². The van der Waals surface area contributed by atoms with Crippen LogP contribution in [0.1, 0.15) is 30.3 Å². The Morgan fingerprint density at radius 1 is 1.42 bits per heavy atom. The van der Waals surface area contributed by atoms with Crippen molar-refractivity contribution in [1.82, 2.24) is 9.80 Å². The van der Waals surface area contributed by atoms with Gasteiger partial charge in [-0.15, -0.1) is 0 Å². The average Bonchev–Trinajstić information content (AvgIpc) is 2.98. The van der Waals surface area contributed by atoms with Crippen molar-refractivity contribution in [3.8, 4) is 0 Å². The number of carbonyl (C=O) groups is 1. The molecule has 1 unspecified atom stereocenters. The quantitative estimate of drug-likeness (QED) is 0.868. The SMILES string of the molecule is CCC(CCN)N1CCN(C(=O)c2ccco2)CC1. The van der Waals surface area contributed by atoms with Crippen LogP contribution in [0.3, 0.4) is 0 Å². The lowest BCUT2D eigenvalue weighted by atomic mass is 10.1. The van der Waals surface area contributed by atoms with Crippen molar-refractivity contribution < 1.29 is 9.21 Å². The molecule has 1 saturated heterocycles. The number of nitrogens with zero attached hydrogens (tertiary/aromatic N) is 2. The summed E-state index contributed by atoms with van der Waals surface area (Å²) in [5.41, 5.74) is 5.65. The van der Waals surface area contributed by atoms with Gasteiger partial charge in [-0.05, 0) is 31.5 Å². The van der Waals surface area contributed by atoms with Crippen LogP contribution in [0, 0.1) is 0 Å². The first-order valence-corrected chi connectivity index (χ1v) is 7.03. The highest BCUT2D eigenvalue weighted by Crippen LogP contribution is 2.14. The van der Waals surface area contributed by atoms with Crippen LogP contribution in [0.5, 0.6) is 0 Å². The number of hydrogen-bond acceptors (Lipinski definition) is 4. The van der Waals surface area contributed by atoms with Crippen molar-refractivity contribution in [3.63, 3.8) is 0 Å². The van der Waals surface area contributed by atoms with Crippen molar-refractivity contribution in [2.24, 2.45) is 5.73 Å². The van der Waals surface area contributed by atoms with Crippen molar-refractivity contribution in [2.75, 3.05) is 32.7 Å². The molecule has 106 valence electrons. The zero-order chi connectivity index (χ0) is 13.7. The van der Waals surface area contributed by atoms with Crippen LogP contribution in [0.25, 0.3) is 0 Å². The minimum absolute atomic E-state index is 0.00322. The average molecular weight is 265 g/mol. The second-order valence-corrected chi connectivity index (χ2v) is 4.94. The van der Waals surface area contributed by atoms with E-state index in [2.05, 4.69) is 11.8 Å². The van der Waals surface area contributed by atoms with Gasteiger partial charge in [-0.3, -0.25) is 9.69 Å². The molecule has 2 rings (SSSR count). The molecular weight excluding hydrogens is 242 g/mol. The summed E-state index contributed by atoms with van der Waals surface area (Å²) in [5, 5.41) is 0. The van der Waals surface area contributed by atoms with E-state index in [-0.39, 0.29) is 5.91 Å². The number of furan rings is 1. The Morgan fingerprint density at radius 3 is 2.68 bits per heavy atom. The predicted octanol–water partition coefficient (Wildman–Crippen LogP) is 1.16. The molecule has 2 heterocycles. The molecule has 1 atom stereocenters. The molecule has 1 aliphatic heterocycles. The predicted molar refractivity (Wildman–Crippen MR) is 73.9 cm³/mol. The van der Waals surface area contributed by atoms with Gasteiger partial charge in [-0.1, -0.05) is 6.92 Å². The highest BCUT2D eigenvalue weighted by atomic mass is 16.3. The standard InChI is InChI=1S/C14H23N3O2/c1-2-12(5-6-15)16-7-9-17(10-8-16)14(18)13-4-3-11-19-13/h3-4,11-12H,2,5-10,15H2,1H3. The van der Waals surface area contributed by atoms with E-state index in [0.717, 1.165) is 45.6 Å². The Kier molecular flexibility index (Phi) is 4.99. The van der Waals surface area contributed by atoms with E-state index < -0.39 is 0 Å². The molecule has 0 aromatic carbocycles. The molecular formula is C14H23N3O2. The van der Waals surface area contributed by atoms with Crippen molar-refractivity contribution in [3.05, 3.63) is 24.2 Å².